The number of halogens is 2. The lowest BCUT2D eigenvalue weighted by Crippen LogP contribution is -2.39. The van der Waals surface area contributed by atoms with E-state index in [-0.39, 0.29) is 46.9 Å². The van der Waals surface area contributed by atoms with Gasteiger partial charge in [0.15, 0.2) is 11.7 Å². The number of phenols is 1. The Balaban J connectivity index is 2.10. The minimum Gasteiger partial charge on any atom is -0.505 e. The van der Waals surface area contributed by atoms with Crippen LogP contribution in [0.2, 0.25) is 10.0 Å². The van der Waals surface area contributed by atoms with Crippen molar-refractivity contribution in [3.63, 3.8) is 0 Å². The fraction of sp³-hybridized carbons (Fsp3) is 0.238. The third-order valence-corrected chi connectivity index (χ3v) is 4.81. The molecular formula is C21H23Cl2N5O5. The second kappa shape index (κ2) is 11.9. The predicted molar refractivity (Wildman–Crippen MR) is 125 cm³/mol. The van der Waals surface area contributed by atoms with Crippen LogP contribution in [0.3, 0.4) is 0 Å². The average molecular weight is 496 g/mol. The van der Waals surface area contributed by atoms with Crippen molar-refractivity contribution in [2.75, 3.05) is 13.2 Å². The number of hydrogen-bond acceptors (Lipinski definition) is 6. The third-order valence-electron chi connectivity index (χ3n) is 4.23. The standard InChI is InChI=1S/C21H23Cl2N5O5/c1-2-33-18(30)9-16(12-7-14(22)19(31)15(23)8-12)28-17(29)10-26-20(32)11-4-3-5-13(6-11)27-21(24)25/h3-8,16,31H,2,9-10H2,1H3,(H,26,32)(H,28,29)(H4,24,25,27). The Bertz CT molecular complexity index is 1050. The van der Waals surface area contributed by atoms with Gasteiger partial charge < -0.3 is 31.9 Å². The number of nitrogens with one attached hydrogen (secondary N) is 2. The molecule has 0 spiro atoms. The van der Waals surface area contributed by atoms with Crippen molar-refractivity contribution >= 4 is 52.6 Å². The molecule has 0 saturated carbocycles. The van der Waals surface area contributed by atoms with E-state index in [1.807, 2.05) is 0 Å². The molecular weight excluding hydrogens is 473 g/mol. The van der Waals surface area contributed by atoms with Crippen LogP contribution >= 0.6 is 23.2 Å². The molecule has 0 aliphatic heterocycles. The van der Waals surface area contributed by atoms with Gasteiger partial charge in [-0.2, -0.15) is 0 Å². The van der Waals surface area contributed by atoms with Gasteiger partial charge in [0.05, 0.1) is 41.3 Å². The van der Waals surface area contributed by atoms with E-state index >= 15 is 0 Å². The van der Waals surface area contributed by atoms with Crippen LogP contribution in [0.4, 0.5) is 5.69 Å². The molecule has 176 valence electrons. The number of carbonyl (C=O) groups excluding carboxylic acids is 3. The van der Waals surface area contributed by atoms with Crippen molar-refractivity contribution in [3.05, 3.63) is 57.6 Å². The van der Waals surface area contributed by atoms with Gasteiger partial charge >= 0.3 is 5.97 Å². The van der Waals surface area contributed by atoms with Crippen LogP contribution in [0.15, 0.2) is 41.4 Å². The molecule has 2 aromatic carbocycles. The number of benzene rings is 2. The van der Waals surface area contributed by atoms with Gasteiger partial charge in [-0.1, -0.05) is 29.3 Å². The van der Waals surface area contributed by atoms with Crippen molar-refractivity contribution in [2.45, 2.75) is 19.4 Å². The average Bonchev–Trinajstić information content (AvgIpc) is 2.75. The topological polar surface area (TPSA) is 169 Å². The quantitative estimate of drug-likeness (QED) is 0.201. The number of hydrogen-bond donors (Lipinski definition) is 5. The van der Waals surface area contributed by atoms with Gasteiger partial charge in [0.25, 0.3) is 5.91 Å². The van der Waals surface area contributed by atoms with Gasteiger partial charge in [-0.15, -0.1) is 0 Å². The predicted octanol–water partition coefficient (Wildman–Crippen LogP) is 2.14. The van der Waals surface area contributed by atoms with Crippen LogP contribution in [-0.2, 0) is 14.3 Å². The molecule has 0 aliphatic rings. The van der Waals surface area contributed by atoms with Crippen molar-refractivity contribution in [1.82, 2.24) is 10.6 Å². The van der Waals surface area contributed by atoms with Crippen molar-refractivity contribution in [2.24, 2.45) is 16.5 Å². The summed E-state index contributed by atoms with van der Waals surface area (Å²) in [5, 5.41) is 14.8. The number of ether oxygens (including phenoxy) is 1. The highest BCUT2D eigenvalue weighted by Gasteiger charge is 2.22. The summed E-state index contributed by atoms with van der Waals surface area (Å²) in [6.45, 7) is 1.42. The first-order valence-electron chi connectivity index (χ1n) is 9.71. The second-order valence-electron chi connectivity index (χ2n) is 6.73. The Labute approximate surface area is 199 Å². The molecule has 0 saturated heterocycles. The molecule has 0 aromatic heterocycles. The highest BCUT2D eigenvalue weighted by Crippen LogP contribution is 2.35. The highest BCUT2D eigenvalue weighted by atomic mass is 35.5. The Hall–Kier alpha value is -3.50. The van der Waals surface area contributed by atoms with Gasteiger partial charge in [-0.3, -0.25) is 14.4 Å². The maximum atomic E-state index is 12.5. The van der Waals surface area contributed by atoms with Crippen LogP contribution in [0.5, 0.6) is 5.75 Å². The zero-order valence-electron chi connectivity index (χ0n) is 17.6. The minimum absolute atomic E-state index is 0.0467. The number of nitrogens with zero attached hydrogens (tertiary/aromatic N) is 1. The summed E-state index contributed by atoms with van der Waals surface area (Å²) in [6, 6.07) is 8.07. The Morgan fingerprint density at radius 1 is 1.15 bits per heavy atom. The molecule has 0 heterocycles. The number of aromatic hydroxyl groups is 1. The smallest absolute Gasteiger partial charge is 0.308 e. The van der Waals surface area contributed by atoms with E-state index < -0.39 is 23.8 Å². The van der Waals surface area contributed by atoms with E-state index in [1.54, 1.807) is 19.1 Å². The lowest BCUT2D eigenvalue weighted by atomic mass is 10.0. The maximum absolute atomic E-state index is 12.5. The van der Waals surface area contributed by atoms with Crippen LogP contribution in [0, 0.1) is 0 Å². The first-order chi connectivity index (χ1) is 15.6. The first kappa shape index (κ1) is 25.8. The van der Waals surface area contributed by atoms with Crippen molar-refractivity contribution in [1.29, 1.82) is 0 Å². The molecule has 0 fully saturated rings. The van der Waals surface area contributed by atoms with Gasteiger partial charge in [0.1, 0.15) is 0 Å². The fourth-order valence-corrected chi connectivity index (χ4v) is 3.30. The third kappa shape index (κ3) is 7.85. The molecule has 1 atom stereocenters. The first-order valence-corrected chi connectivity index (χ1v) is 10.5. The summed E-state index contributed by atoms with van der Waals surface area (Å²) < 4.78 is 4.95. The van der Waals surface area contributed by atoms with Crippen molar-refractivity contribution in [3.8, 4) is 5.75 Å². The molecule has 2 aromatic rings. The number of rotatable bonds is 9. The van der Waals surface area contributed by atoms with Crippen LogP contribution < -0.4 is 22.1 Å². The van der Waals surface area contributed by atoms with E-state index in [0.717, 1.165) is 0 Å². The molecule has 0 aliphatic carbocycles. The van der Waals surface area contributed by atoms with Crippen molar-refractivity contribution < 1.29 is 24.2 Å². The van der Waals surface area contributed by atoms with Crippen LogP contribution in [0.1, 0.15) is 35.3 Å². The van der Waals surface area contributed by atoms with Gasteiger partial charge in [-0.05, 0) is 42.8 Å². The number of phenolic OH excluding ortho intramolecular Hbond substituents is 1. The van der Waals surface area contributed by atoms with Gasteiger partial charge in [-0.25, -0.2) is 4.99 Å². The number of guanidine groups is 1. The summed E-state index contributed by atoms with van der Waals surface area (Å²) in [5.74, 6) is -2.16. The molecule has 12 heteroatoms. The maximum Gasteiger partial charge on any atom is 0.308 e. The Kier molecular flexibility index (Phi) is 9.31. The minimum atomic E-state index is -0.866. The number of carbonyl (C=O) groups is 3. The molecule has 0 bridgehead atoms. The summed E-state index contributed by atoms with van der Waals surface area (Å²) in [7, 11) is 0. The molecule has 2 rings (SSSR count). The summed E-state index contributed by atoms with van der Waals surface area (Å²) in [4.78, 5) is 40.8. The van der Waals surface area contributed by atoms with E-state index in [2.05, 4.69) is 15.6 Å². The fourth-order valence-electron chi connectivity index (χ4n) is 2.80. The second-order valence-corrected chi connectivity index (χ2v) is 7.55. The van der Waals surface area contributed by atoms with E-state index in [0.29, 0.717) is 11.3 Å². The normalized spacial score (nSPS) is 11.2. The summed E-state index contributed by atoms with van der Waals surface area (Å²) in [6.07, 6.45) is -0.217. The Morgan fingerprint density at radius 2 is 1.82 bits per heavy atom. The molecule has 10 nitrogen and oxygen atoms in total. The zero-order valence-corrected chi connectivity index (χ0v) is 19.1. The monoisotopic (exact) mass is 495 g/mol. The number of nitrogens with two attached hydrogens (primary N) is 2. The number of aliphatic imine (C=N–C) groups is 1. The zero-order chi connectivity index (χ0) is 24.5. The van der Waals surface area contributed by atoms with Gasteiger partial charge in [0.2, 0.25) is 5.91 Å². The van der Waals surface area contributed by atoms with E-state index in [4.69, 9.17) is 39.4 Å². The lowest BCUT2D eigenvalue weighted by molar-refractivity contribution is -0.143. The number of amides is 2. The summed E-state index contributed by atoms with van der Waals surface area (Å²) in [5.41, 5.74) is 11.7. The molecule has 1 unspecified atom stereocenters. The number of esters is 1. The highest BCUT2D eigenvalue weighted by molar-refractivity contribution is 6.37. The lowest BCUT2D eigenvalue weighted by Gasteiger charge is -2.20. The summed E-state index contributed by atoms with van der Waals surface area (Å²) >= 11 is 11.9. The largest absolute Gasteiger partial charge is 0.505 e. The molecule has 2 amide bonds. The SMILES string of the molecule is CCOC(=O)CC(NC(=O)CNC(=O)c1cccc(N=C(N)N)c1)c1cc(Cl)c(O)c(Cl)c1. The van der Waals surface area contributed by atoms with Crippen LogP contribution in [0.25, 0.3) is 0 Å². The van der Waals surface area contributed by atoms with E-state index in [9.17, 15) is 19.5 Å². The Morgan fingerprint density at radius 3 is 2.42 bits per heavy atom. The van der Waals surface area contributed by atoms with Crippen LogP contribution in [-0.4, -0.2) is 42.0 Å². The van der Waals surface area contributed by atoms with Gasteiger partial charge in [0, 0.05) is 5.56 Å². The molecule has 7 N–H and O–H groups in total. The molecule has 0 radical (unpaired) electrons. The van der Waals surface area contributed by atoms with E-state index in [1.165, 1.54) is 24.3 Å². The molecule has 33 heavy (non-hydrogen) atoms.